The molecule has 0 aromatic carbocycles. The Kier molecular flexibility index (Phi) is 4.98. The topological polar surface area (TPSA) is 20.2 Å². The predicted octanol–water partition coefficient (Wildman–Crippen LogP) is 2.34. The average molecular weight is 154 g/mol. The standard InChI is InChI=1S/C10H18O/c1-4-6-7-8-9-10(3,11)5-2/h11H,4-7H2,1-3H3. The van der Waals surface area contributed by atoms with Gasteiger partial charge in [0.15, 0.2) is 0 Å². The van der Waals surface area contributed by atoms with Crippen LogP contribution in [0.4, 0.5) is 0 Å². The van der Waals surface area contributed by atoms with E-state index in [1.54, 1.807) is 6.92 Å². The molecule has 0 spiro atoms. The van der Waals surface area contributed by atoms with E-state index in [0.717, 1.165) is 12.8 Å². The van der Waals surface area contributed by atoms with Gasteiger partial charge in [0.2, 0.25) is 0 Å². The quantitative estimate of drug-likeness (QED) is 0.488. The first-order chi connectivity index (χ1) is 5.12. The Morgan fingerprint density at radius 3 is 2.45 bits per heavy atom. The maximum atomic E-state index is 9.45. The van der Waals surface area contributed by atoms with Crippen molar-refractivity contribution >= 4 is 0 Å². The summed E-state index contributed by atoms with van der Waals surface area (Å²) in [6, 6.07) is 0. The Labute approximate surface area is 69.8 Å². The molecule has 0 amide bonds. The highest BCUT2D eigenvalue weighted by Gasteiger charge is 2.11. The van der Waals surface area contributed by atoms with Crippen LogP contribution in [0.3, 0.4) is 0 Å². The van der Waals surface area contributed by atoms with E-state index in [2.05, 4.69) is 18.8 Å². The molecule has 0 aromatic heterocycles. The van der Waals surface area contributed by atoms with Crippen molar-refractivity contribution in [2.45, 2.75) is 52.1 Å². The van der Waals surface area contributed by atoms with Gasteiger partial charge in [-0.3, -0.25) is 0 Å². The molecule has 1 unspecified atom stereocenters. The molecule has 0 rings (SSSR count). The third kappa shape index (κ3) is 5.94. The third-order valence-electron chi connectivity index (χ3n) is 1.70. The van der Waals surface area contributed by atoms with E-state index in [1.807, 2.05) is 6.92 Å². The van der Waals surface area contributed by atoms with Gasteiger partial charge in [-0.15, -0.1) is 5.92 Å². The normalized spacial score (nSPS) is 14.9. The minimum Gasteiger partial charge on any atom is -0.378 e. The molecule has 1 atom stereocenters. The molecule has 0 aliphatic rings. The summed E-state index contributed by atoms with van der Waals surface area (Å²) in [6.07, 6.45) is 3.91. The van der Waals surface area contributed by atoms with Crippen molar-refractivity contribution in [2.24, 2.45) is 0 Å². The summed E-state index contributed by atoms with van der Waals surface area (Å²) >= 11 is 0. The molecular weight excluding hydrogens is 136 g/mol. The van der Waals surface area contributed by atoms with Gasteiger partial charge >= 0.3 is 0 Å². The Balaban J connectivity index is 3.67. The maximum Gasteiger partial charge on any atom is 0.122 e. The smallest absolute Gasteiger partial charge is 0.122 e. The SMILES string of the molecule is CCCCC#CC(C)(O)CC. The summed E-state index contributed by atoms with van der Waals surface area (Å²) in [6.45, 7) is 5.83. The second-order valence-electron chi connectivity index (χ2n) is 3.03. The first-order valence-electron chi connectivity index (χ1n) is 4.34. The first kappa shape index (κ1) is 10.5. The van der Waals surface area contributed by atoms with E-state index < -0.39 is 5.60 Å². The zero-order valence-electron chi connectivity index (χ0n) is 7.78. The second-order valence-corrected chi connectivity index (χ2v) is 3.03. The van der Waals surface area contributed by atoms with E-state index in [4.69, 9.17) is 0 Å². The van der Waals surface area contributed by atoms with Crippen LogP contribution in [0.2, 0.25) is 0 Å². The van der Waals surface area contributed by atoms with Gasteiger partial charge < -0.3 is 5.11 Å². The van der Waals surface area contributed by atoms with E-state index in [9.17, 15) is 5.11 Å². The Morgan fingerprint density at radius 2 is 2.00 bits per heavy atom. The van der Waals surface area contributed by atoms with Gasteiger partial charge in [-0.1, -0.05) is 26.2 Å². The van der Waals surface area contributed by atoms with Crippen molar-refractivity contribution in [2.75, 3.05) is 0 Å². The predicted molar refractivity (Wildman–Crippen MR) is 48.2 cm³/mol. The monoisotopic (exact) mass is 154 g/mol. The van der Waals surface area contributed by atoms with E-state index in [1.165, 1.54) is 6.42 Å². The largest absolute Gasteiger partial charge is 0.378 e. The van der Waals surface area contributed by atoms with Gasteiger partial charge in [0.25, 0.3) is 0 Å². The van der Waals surface area contributed by atoms with Crippen LogP contribution in [-0.2, 0) is 0 Å². The second kappa shape index (κ2) is 5.21. The molecule has 0 fully saturated rings. The lowest BCUT2D eigenvalue weighted by atomic mass is 10.0. The van der Waals surface area contributed by atoms with Crippen LogP contribution >= 0.6 is 0 Å². The number of rotatable bonds is 3. The Hall–Kier alpha value is -0.480. The molecule has 11 heavy (non-hydrogen) atoms. The molecule has 0 radical (unpaired) electrons. The summed E-state index contributed by atoms with van der Waals surface area (Å²) in [4.78, 5) is 0. The van der Waals surface area contributed by atoms with Crippen molar-refractivity contribution in [1.29, 1.82) is 0 Å². The lowest BCUT2D eigenvalue weighted by molar-refractivity contribution is 0.118. The molecule has 0 heterocycles. The summed E-state index contributed by atoms with van der Waals surface area (Å²) in [5, 5.41) is 9.45. The highest BCUT2D eigenvalue weighted by molar-refractivity contribution is 5.11. The summed E-state index contributed by atoms with van der Waals surface area (Å²) < 4.78 is 0. The molecule has 0 bridgehead atoms. The van der Waals surface area contributed by atoms with E-state index >= 15 is 0 Å². The van der Waals surface area contributed by atoms with Gasteiger partial charge in [-0.2, -0.15) is 0 Å². The summed E-state index contributed by atoms with van der Waals surface area (Å²) in [7, 11) is 0. The number of aliphatic hydroxyl groups is 1. The van der Waals surface area contributed by atoms with Crippen molar-refractivity contribution < 1.29 is 5.11 Å². The van der Waals surface area contributed by atoms with E-state index in [0.29, 0.717) is 6.42 Å². The molecule has 1 nitrogen and oxygen atoms in total. The number of hydrogen-bond acceptors (Lipinski definition) is 1. The molecular formula is C10H18O. The first-order valence-corrected chi connectivity index (χ1v) is 4.34. The molecule has 0 saturated heterocycles. The van der Waals surface area contributed by atoms with Crippen molar-refractivity contribution in [3.8, 4) is 11.8 Å². The Bertz CT molecular complexity index is 148. The minimum atomic E-state index is -0.770. The van der Waals surface area contributed by atoms with Crippen LogP contribution in [0.15, 0.2) is 0 Å². The van der Waals surface area contributed by atoms with Crippen LogP contribution in [-0.4, -0.2) is 10.7 Å². The lowest BCUT2D eigenvalue weighted by Gasteiger charge is -2.11. The number of unbranched alkanes of at least 4 members (excludes halogenated alkanes) is 2. The van der Waals surface area contributed by atoms with Crippen molar-refractivity contribution in [3.63, 3.8) is 0 Å². The molecule has 0 saturated carbocycles. The maximum absolute atomic E-state index is 9.45. The molecule has 64 valence electrons. The molecule has 1 N–H and O–H groups in total. The fourth-order valence-corrected chi connectivity index (χ4v) is 0.606. The van der Waals surface area contributed by atoms with Gasteiger partial charge in [0, 0.05) is 6.42 Å². The summed E-state index contributed by atoms with van der Waals surface area (Å²) in [5.41, 5.74) is -0.770. The molecule has 0 aliphatic carbocycles. The van der Waals surface area contributed by atoms with Crippen LogP contribution < -0.4 is 0 Å². The summed E-state index contributed by atoms with van der Waals surface area (Å²) in [5.74, 6) is 5.83. The molecule has 1 heteroatoms. The van der Waals surface area contributed by atoms with E-state index in [-0.39, 0.29) is 0 Å². The number of hydrogen-bond donors (Lipinski definition) is 1. The zero-order valence-corrected chi connectivity index (χ0v) is 7.78. The fourth-order valence-electron chi connectivity index (χ4n) is 0.606. The highest BCUT2D eigenvalue weighted by Crippen LogP contribution is 2.05. The van der Waals surface area contributed by atoms with Gasteiger partial charge in [0.05, 0.1) is 0 Å². The minimum absolute atomic E-state index is 0.701. The van der Waals surface area contributed by atoms with Crippen molar-refractivity contribution in [3.05, 3.63) is 0 Å². The average Bonchev–Trinajstić information content (AvgIpc) is 1.99. The lowest BCUT2D eigenvalue weighted by Crippen LogP contribution is -2.19. The highest BCUT2D eigenvalue weighted by atomic mass is 16.3. The van der Waals surface area contributed by atoms with Crippen LogP contribution in [0, 0.1) is 11.8 Å². The van der Waals surface area contributed by atoms with Crippen LogP contribution in [0.1, 0.15) is 46.5 Å². The third-order valence-corrected chi connectivity index (χ3v) is 1.70. The molecule has 0 aromatic rings. The molecule has 0 aliphatic heterocycles. The van der Waals surface area contributed by atoms with Crippen molar-refractivity contribution in [1.82, 2.24) is 0 Å². The Morgan fingerprint density at radius 1 is 1.36 bits per heavy atom. The van der Waals surface area contributed by atoms with Gasteiger partial charge in [0.1, 0.15) is 5.60 Å². The fraction of sp³-hybridized carbons (Fsp3) is 0.800. The van der Waals surface area contributed by atoms with Gasteiger partial charge in [-0.25, -0.2) is 0 Å². The zero-order chi connectivity index (χ0) is 8.74. The van der Waals surface area contributed by atoms with Crippen LogP contribution in [0.25, 0.3) is 0 Å². The van der Waals surface area contributed by atoms with Crippen LogP contribution in [0.5, 0.6) is 0 Å². The van der Waals surface area contributed by atoms with Gasteiger partial charge in [-0.05, 0) is 19.8 Å².